The molecule has 1 aromatic carbocycles. The van der Waals surface area contributed by atoms with Gasteiger partial charge in [0.1, 0.15) is 0 Å². The molecule has 0 aliphatic carbocycles. The summed E-state index contributed by atoms with van der Waals surface area (Å²) in [5.74, 6) is -0.848. The largest absolute Gasteiger partial charge is 0.354 e. The Balaban J connectivity index is 2.85. The highest BCUT2D eigenvalue weighted by Gasteiger charge is 2.11. The lowest BCUT2D eigenvalue weighted by Gasteiger charge is -2.12. The van der Waals surface area contributed by atoms with Crippen LogP contribution in [0.4, 0.5) is 11.4 Å². The molecule has 0 atom stereocenters. The smallest absolute Gasteiger partial charge is 0.251 e. The molecule has 1 rings (SSSR count). The Morgan fingerprint density at radius 1 is 0.692 bits per heavy atom. The van der Waals surface area contributed by atoms with Gasteiger partial charge in [0.15, 0.2) is 0 Å². The number of amides is 4. The van der Waals surface area contributed by atoms with Crippen LogP contribution in [0.5, 0.6) is 0 Å². The van der Waals surface area contributed by atoms with Gasteiger partial charge in [-0.25, -0.2) is 0 Å². The van der Waals surface area contributed by atoms with E-state index in [1.807, 2.05) is 0 Å². The summed E-state index contributed by atoms with van der Waals surface area (Å²) in [5.41, 5.74) is 1.15. The minimum atomic E-state index is -0.365. The van der Waals surface area contributed by atoms with E-state index in [0.717, 1.165) is 0 Å². The first kappa shape index (κ1) is 21.1. The fraction of sp³-hybridized carbons (Fsp3) is 0.444. The Morgan fingerprint density at radius 3 is 1.62 bits per heavy atom. The van der Waals surface area contributed by atoms with Crippen molar-refractivity contribution in [2.24, 2.45) is 0 Å². The molecule has 0 heterocycles. The van der Waals surface area contributed by atoms with Crippen molar-refractivity contribution in [3.63, 3.8) is 0 Å². The van der Waals surface area contributed by atoms with E-state index in [9.17, 15) is 19.2 Å². The summed E-state index contributed by atoms with van der Waals surface area (Å²) in [6.45, 7) is 5.78. The highest BCUT2D eigenvalue weighted by atomic mass is 16.2. The van der Waals surface area contributed by atoms with Crippen molar-refractivity contribution >= 4 is 35.0 Å². The van der Waals surface area contributed by atoms with E-state index >= 15 is 0 Å². The molecule has 0 bridgehead atoms. The van der Waals surface area contributed by atoms with Crippen LogP contribution in [0.15, 0.2) is 18.2 Å². The van der Waals surface area contributed by atoms with Crippen molar-refractivity contribution in [2.75, 3.05) is 23.7 Å². The van der Waals surface area contributed by atoms with Crippen molar-refractivity contribution in [2.45, 2.75) is 40.0 Å². The average Bonchev–Trinajstić information content (AvgIpc) is 2.64. The summed E-state index contributed by atoms with van der Waals surface area (Å²) in [6, 6.07) is 4.67. The van der Waals surface area contributed by atoms with Gasteiger partial charge in [-0.1, -0.05) is 20.8 Å². The molecule has 0 fully saturated rings. The molecule has 0 aromatic heterocycles. The van der Waals surface area contributed by atoms with Gasteiger partial charge in [-0.05, 0) is 18.2 Å². The van der Waals surface area contributed by atoms with Crippen LogP contribution >= 0.6 is 0 Å². The molecule has 0 unspecified atom stereocenters. The van der Waals surface area contributed by atoms with Gasteiger partial charge < -0.3 is 21.3 Å². The molecule has 0 aliphatic rings. The van der Waals surface area contributed by atoms with E-state index in [1.54, 1.807) is 26.8 Å². The van der Waals surface area contributed by atoms with Gasteiger partial charge in [-0.3, -0.25) is 19.2 Å². The van der Waals surface area contributed by atoms with E-state index < -0.39 is 0 Å². The third-order valence-corrected chi connectivity index (χ3v) is 3.46. The Labute approximate surface area is 153 Å². The highest BCUT2D eigenvalue weighted by Crippen LogP contribution is 2.20. The van der Waals surface area contributed by atoms with Gasteiger partial charge in [0.25, 0.3) is 5.91 Å². The zero-order chi connectivity index (χ0) is 19.5. The van der Waals surface area contributed by atoms with Crippen LogP contribution in [0.2, 0.25) is 0 Å². The lowest BCUT2D eigenvalue weighted by molar-refractivity contribution is -0.120. The molecule has 0 aliphatic heterocycles. The van der Waals surface area contributed by atoms with Gasteiger partial charge >= 0.3 is 0 Å². The lowest BCUT2D eigenvalue weighted by atomic mass is 10.1. The predicted molar refractivity (Wildman–Crippen MR) is 99.9 cm³/mol. The van der Waals surface area contributed by atoms with Crippen LogP contribution in [0.25, 0.3) is 0 Å². The summed E-state index contributed by atoms with van der Waals surface area (Å²) in [5, 5.41) is 10.7. The first-order valence-electron chi connectivity index (χ1n) is 8.69. The zero-order valence-electron chi connectivity index (χ0n) is 15.4. The number of benzene rings is 1. The molecule has 8 heteroatoms. The number of rotatable bonds is 9. The quantitative estimate of drug-likeness (QED) is 0.500. The maximum Gasteiger partial charge on any atom is 0.251 e. The molecule has 1 aromatic rings. The van der Waals surface area contributed by atoms with Crippen molar-refractivity contribution in [3.05, 3.63) is 23.8 Å². The molecular weight excluding hydrogens is 336 g/mol. The van der Waals surface area contributed by atoms with E-state index in [0.29, 0.717) is 42.7 Å². The Kier molecular flexibility index (Phi) is 8.83. The van der Waals surface area contributed by atoms with E-state index in [2.05, 4.69) is 21.3 Å². The van der Waals surface area contributed by atoms with Crippen LogP contribution in [-0.4, -0.2) is 36.7 Å². The molecule has 0 saturated carbocycles. The topological polar surface area (TPSA) is 116 Å². The summed E-state index contributed by atoms with van der Waals surface area (Å²) in [7, 11) is 0. The second kappa shape index (κ2) is 10.9. The first-order chi connectivity index (χ1) is 12.4. The zero-order valence-corrected chi connectivity index (χ0v) is 15.4. The molecule has 0 saturated heterocycles. The summed E-state index contributed by atoms with van der Waals surface area (Å²) in [6.07, 6.45) is 0.974. The van der Waals surface area contributed by atoms with Crippen molar-refractivity contribution < 1.29 is 19.2 Å². The van der Waals surface area contributed by atoms with Gasteiger partial charge in [-0.15, -0.1) is 0 Å². The average molecular weight is 362 g/mol. The summed E-state index contributed by atoms with van der Waals surface area (Å²) >= 11 is 0. The van der Waals surface area contributed by atoms with Crippen LogP contribution in [0.3, 0.4) is 0 Å². The molecule has 4 amide bonds. The third-order valence-electron chi connectivity index (χ3n) is 3.46. The maximum absolute atomic E-state index is 12.3. The Hall–Kier alpha value is -2.90. The minimum absolute atomic E-state index is 0.0897. The molecule has 0 radical (unpaired) electrons. The van der Waals surface area contributed by atoms with E-state index in [-0.39, 0.29) is 30.2 Å². The van der Waals surface area contributed by atoms with Gasteiger partial charge in [-0.2, -0.15) is 0 Å². The molecule has 26 heavy (non-hydrogen) atoms. The summed E-state index contributed by atoms with van der Waals surface area (Å²) in [4.78, 5) is 46.7. The standard InChI is InChI=1S/C18H26N4O4/c1-4-15(23)19-7-8-20-18(26)12-9-13(21-16(24)5-2)11-14(10-12)22-17(25)6-3/h9-11H,4-8H2,1-3H3,(H,19,23)(H,20,26)(H,21,24)(H,22,25). The SMILES string of the molecule is CCC(=O)NCCNC(=O)c1cc(NC(=O)CC)cc(NC(=O)CC)c1. The Morgan fingerprint density at radius 2 is 1.15 bits per heavy atom. The molecule has 4 N–H and O–H groups in total. The normalized spacial score (nSPS) is 9.96. The van der Waals surface area contributed by atoms with Crippen LogP contribution in [0, 0.1) is 0 Å². The minimum Gasteiger partial charge on any atom is -0.354 e. The van der Waals surface area contributed by atoms with Crippen LogP contribution in [0.1, 0.15) is 50.4 Å². The molecule has 142 valence electrons. The van der Waals surface area contributed by atoms with E-state index in [1.165, 1.54) is 12.1 Å². The van der Waals surface area contributed by atoms with Crippen LogP contribution in [-0.2, 0) is 14.4 Å². The van der Waals surface area contributed by atoms with Crippen molar-refractivity contribution in [1.29, 1.82) is 0 Å². The van der Waals surface area contributed by atoms with Crippen molar-refractivity contribution in [3.8, 4) is 0 Å². The predicted octanol–water partition coefficient (Wildman–Crippen LogP) is 1.64. The maximum atomic E-state index is 12.3. The number of carbonyl (C=O) groups is 4. The highest BCUT2D eigenvalue weighted by molar-refractivity contribution is 6.00. The fourth-order valence-electron chi connectivity index (χ4n) is 2.01. The molecular formula is C18H26N4O4. The number of anilines is 2. The second-order valence-electron chi connectivity index (χ2n) is 5.56. The monoisotopic (exact) mass is 362 g/mol. The lowest BCUT2D eigenvalue weighted by Crippen LogP contribution is -2.34. The number of nitrogens with one attached hydrogen (secondary N) is 4. The van der Waals surface area contributed by atoms with Gasteiger partial charge in [0, 0.05) is 49.3 Å². The second-order valence-corrected chi connectivity index (χ2v) is 5.56. The fourth-order valence-corrected chi connectivity index (χ4v) is 2.01. The first-order valence-corrected chi connectivity index (χ1v) is 8.69. The third kappa shape index (κ3) is 7.33. The van der Waals surface area contributed by atoms with Crippen LogP contribution < -0.4 is 21.3 Å². The molecule has 0 spiro atoms. The van der Waals surface area contributed by atoms with E-state index in [4.69, 9.17) is 0 Å². The number of hydrogen-bond acceptors (Lipinski definition) is 4. The number of hydrogen-bond donors (Lipinski definition) is 4. The van der Waals surface area contributed by atoms with Gasteiger partial charge in [0.05, 0.1) is 0 Å². The number of carbonyl (C=O) groups excluding carboxylic acids is 4. The molecule has 8 nitrogen and oxygen atoms in total. The van der Waals surface area contributed by atoms with Gasteiger partial charge in [0.2, 0.25) is 17.7 Å². The van der Waals surface area contributed by atoms with Crippen molar-refractivity contribution in [1.82, 2.24) is 10.6 Å². The summed E-state index contributed by atoms with van der Waals surface area (Å²) < 4.78 is 0. The Bertz CT molecular complexity index is 637.